The predicted octanol–water partition coefficient (Wildman–Crippen LogP) is -0.0868. The third kappa shape index (κ3) is 3.55. The van der Waals surface area contributed by atoms with Gasteiger partial charge in [0.2, 0.25) is 0 Å². The van der Waals surface area contributed by atoms with E-state index in [9.17, 15) is 9.59 Å². The standard InChI is InChI=1S/C11H14N4O3/c1-3-6-15(7-10(16)17)9-5-4-8(13-14-9)11(18)12-2/h3-5H,1,6-7H2,2H3,(H,12,18)(H,16,17). The Hall–Kier alpha value is -2.44. The van der Waals surface area contributed by atoms with E-state index in [4.69, 9.17) is 5.11 Å². The summed E-state index contributed by atoms with van der Waals surface area (Å²) in [7, 11) is 1.49. The van der Waals surface area contributed by atoms with Crippen molar-refractivity contribution in [2.75, 3.05) is 25.0 Å². The zero-order valence-corrected chi connectivity index (χ0v) is 9.96. The molecule has 0 aliphatic rings. The minimum atomic E-state index is -0.978. The molecular weight excluding hydrogens is 236 g/mol. The van der Waals surface area contributed by atoms with Crippen molar-refractivity contribution in [3.63, 3.8) is 0 Å². The molecule has 7 nitrogen and oxygen atoms in total. The number of anilines is 1. The van der Waals surface area contributed by atoms with Gasteiger partial charge in [-0.05, 0) is 12.1 Å². The summed E-state index contributed by atoms with van der Waals surface area (Å²) in [6.07, 6.45) is 1.57. The predicted molar refractivity (Wildman–Crippen MR) is 65.5 cm³/mol. The number of carbonyl (C=O) groups is 2. The summed E-state index contributed by atoms with van der Waals surface area (Å²) in [4.78, 5) is 23.4. The molecule has 1 amide bonds. The molecule has 0 atom stereocenters. The molecular formula is C11H14N4O3. The maximum atomic E-state index is 11.3. The van der Waals surface area contributed by atoms with Crippen molar-refractivity contribution >= 4 is 17.7 Å². The van der Waals surface area contributed by atoms with Gasteiger partial charge in [0.25, 0.3) is 5.91 Å². The number of aromatic nitrogens is 2. The van der Waals surface area contributed by atoms with E-state index >= 15 is 0 Å². The maximum Gasteiger partial charge on any atom is 0.323 e. The highest BCUT2D eigenvalue weighted by atomic mass is 16.4. The maximum absolute atomic E-state index is 11.3. The van der Waals surface area contributed by atoms with E-state index in [1.807, 2.05) is 0 Å². The minimum Gasteiger partial charge on any atom is -0.480 e. The molecule has 0 saturated heterocycles. The quantitative estimate of drug-likeness (QED) is 0.685. The average molecular weight is 250 g/mol. The molecule has 0 saturated carbocycles. The molecule has 0 aliphatic carbocycles. The Labute approximate surface area is 104 Å². The second kappa shape index (κ2) is 6.33. The van der Waals surface area contributed by atoms with Gasteiger partial charge in [-0.1, -0.05) is 6.08 Å². The summed E-state index contributed by atoms with van der Waals surface area (Å²) in [6, 6.07) is 3.03. The Bertz CT molecular complexity index is 444. The highest BCUT2D eigenvalue weighted by molar-refractivity contribution is 5.91. The van der Waals surface area contributed by atoms with Crippen molar-refractivity contribution in [1.82, 2.24) is 15.5 Å². The lowest BCUT2D eigenvalue weighted by Crippen LogP contribution is -2.31. The average Bonchev–Trinajstić information content (AvgIpc) is 2.37. The molecule has 7 heteroatoms. The summed E-state index contributed by atoms with van der Waals surface area (Å²) in [6.45, 7) is 3.67. The lowest BCUT2D eigenvalue weighted by molar-refractivity contribution is -0.135. The lowest BCUT2D eigenvalue weighted by atomic mass is 10.3. The van der Waals surface area contributed by atoms with Crippen LogP contribution in [0.5, 0.6) is 0 Å². The number of nitrogens with zero attached hydrogens (tertiary/aromatic N) is 3. The van der Waals surface area contributed by atoms with Gasteiger partial charge < -0.3 is 15.3 Å². The Morgan fingerprint density at radius 2 is 2.22 bits per heavy atom. The molecule has 0 spiro atoms. The van der Waals surface area contributed by atoms with E-state index in [1.54, 1.807) is 12.1 Å². The van der Waals surface area contributed by atoms with Gasteiger partial charge in [-0.15, -0.1) is 16.8 Å². The first-order valence-corrected chi connectivity index (χ1v) is 5.22. The number of hydrogen-bond donors (Lipinski definition) is 2. The fourth-order valence-electron chi connectivity index (χ4n) is 1.30. The molecule has 1 aromatic heterocycles. The van der Waals surface area contributed by atoms with Gasteiger partial charge in [0, 0.05) is 13.6 Å². The molecule has 18 heavy (non-hydrogen) atoms. The van der Waals surface area contributed by atoms with Gasteiger partial charge >= 0.3 is 5.97 Å². The van der Waals surface area contributed by atoms with Crippen molar-refractivity contribution in [3.05, 3.63) is 30.5 Å². The molecule has 0 fully saturated rings. The fourth-order valence-corrected chi connectivity index (χ4v) is 1.30. The smallest absolute Gasteiger partial charge is 0.323 e. The highest BCUT2D eigenvalue weighted by Gasteiger charge is 2.12. The van der Waals surface area contributed by atoms with Gasteiger partial charge in [0.1, 0.15) is 6.54 Å². The summed E-state index contributed by atoms with van der Waals surface area (Å²) < 4.78 is 0. The number of aliphatic carboxylic acids is 1. The Kier molecular flexibility index (Phi) is 4.79. The summed E-state index contributed by atoms with van der Waals surface area (Å²) >= 11 is 0. The second-order valence-corrected chi connectivity index (χ2v) is 3.42. The van der Waals surface area contributed by atoms with E-state index in [-0.39, 0.29) is 18.1 Å². The van der Waals surface area contributed by atoms with Crippen LogP contribution in [0.4, 0.5) is 5.82 Å². The normalized spacial score (nSPS) is 9.61. The van der Waals surface area contributed by atoms with Crippen LogP contribution >= 0.6 is 0 Å². The van der Waals surface area contributed by atoms with Crippen LogP contribution in [0, 0.1) is 0 Å². The summed E-state index contributed by atoms with van der Waals surface area (Å²) in [5.41, 5.74) is 0.176. The number of nitrogens with one attached hydrogen (secondary N) is 1. The molecule has 0 aliphatic heterocycles. The van der Waals surface area contributed by atoms with Gasteiger partial charge in [-0.3, -0.25) is 9.59 Å². The van der Waals surface area contributed by atoms with E-state index in [2.05, 4.69) is 22.1 Å². The van der Waals surface area contributed by atoms with E-state index in [0.717, 1.165) is 0 Å². The molecule has 1 aromatic rings. The van der Waals surface area contributed by atoms with Crippen molar-refractivity contribution < 1.29 is 14.7 Å². The monoisotopic (exact) mass is 250 g/mol. The number of amides is 1. The van der Waals surface area contributed by atoms with Gasteiger partial charge in [-0.2, -0.15) is 0 Å². The summed E-state index contributed by atoms with van der Waals surface area (Å²) in [5.74, 6) is -0.943. The Morgan fingerprint density at radius 1 is 1.50 bits per heavy atom. The summed E-state index contributed by atoms with van der Waals surface area (Å²) in [5, 5.41) is 18.7. The van der Waals surface area contributed by atoms with Crippen LogP contribution in [0.1, 0.15) is 10.5 Å². The first-order valence-electron chi connectivity index (χ1n) is 5.22. The Morgan fingerprint density at radius 3 is 2.67 bits per heavy atom. The zero-order chi connectivity index (χ0) is 13.5. The van der Waals surface area contributed by atoms with E-state index < -0.39 is 5.97 Å². The molecule has 1 heterocycles. The molecule has 1 rings (SSSR count). The van der Waals surface area contributed by atoms with Crippen LogP contribution in [0.3, 0.4) is 0 Å². The number of carbonyl (C=O) groups excluding carboxylic acids is 1. The number of rotatable bonds is 6. The second-order valence-electron chi connectivity index (χ2n) is 3.42. The third-order valence-electron chi connectivity index (χ3n) is 2.11. The molecule has 0 bridgehead atoms. The van der Waals surface area contributed by atoms with Gasteiger partial charge in [-0.25, -0.2) is 0 Å². The fraction of sp³-hybridized carbons (Fsp3) is 0.273. The van der Waals surface area contributed by atoms with Crippen LogP contribution in [0.2, 0.25) is 0 Å². The zero-order valence-electron chi connectivity index (χ0n) is 9.96. The number of carboxylic acids is 1. The lowest BCUT2D eigenvalue weighted by Gasteiger charge is -2.18. The topological polar surface area (TPSA) is 95.4 Å². The van der Waals surface area contributed by atoms with Gasteiger partial charge in [0.05, 0.1) is 0 Å². The van der Waals surface area contributed by atoms with Crippen LogP contribution < -0.4 is 10.2 Å². The first kappa shape index (κ1) is 13.6. The SMILES string of the molecule is C=CCN(CC(=O)O)c1ccc(C(=O)NC)nn1. The van der Waals surface area contributed by atoms with Crippen molar-refractivity contribution in [2.45, 2.75) is 0 Å². The van der Waals surface area contributed by atoms with Crippen molar-refractivity contribution in [2.24, 2.45) is 0 Å². The van der Waals surface area contributed by atoms with Crippen LogP contribution in [0.15, 0.2) is 24.8 Å². The van der Waals surface area contributed by atoms with Crippen molar-refractivity contribution in [1.29, 1.82) is 0 Å². The molecule has 0 unspecified atom stereocenters. The van der Waals surface area contributed by atoms with Gasteiger partial charge in [0.15, 0.2) is 11.5 Å². The van der Waals surface area contributed by atoms with E-state index in [0.29, 0.717) is 12.4 Å². The number of hydrogen-bond acceptors (Lipinski definition) is 5. The molecule has 0 aromatic carbocycles. The third-order valence-corrected chi connectivity index (χ3v) is 2.11. The van der Waals surface area contributed by atoms with Crippen LogP contribution in [-0.4, -0.2) is 47.3 Å². The molecule has 2 N–H and O–H groups in total. The number of carboxylic acid groups (broad SMARTS) is 1. The van der Waals surface area contributed by atoms with Crippen LogP contribution in [0.25, 0.3) is 0 Å². The molecule has 96 valence electrons. The van der Waals surface area contributed by atoms with Crippen molar-refractivity contribution in [3.8, 4) is 0 Å². The first-order chi connectivity index (χ1) is 8.58. The minimum absolute atomic E-state index is 0.176. The highest BCUT2D eigenvalue weighted by Crippen LogP contribution is 2.09. The van der Waals surface area contributed by atoms with E-state index in [1.165, 1.54) is 18.0 Å². The van der Waals surface area contributed by atoms with Crippen LogP contribution in [-0.2, 0) is 4.79 Å². The Balaban J connectivity index is 2.89. The largest absolute Gasteiger partial charge is 0.480 e. The molecule has 0 radical (unpaired) electrons.